The number of nitro benzene ring substituents is 1. The van der Waals surface area contributed by atoms with Crippen molar-refractivity contribution in [3.63, 3.8) is 0 Å². The number of nitrogens with zero attached hydrogens (tertiary/aromatic N) is 1. The fraction of sp³-hybridized carbons (Fsp3) is 0.500. The summed E-state index contributed by atoms with van der Waals surface area (Å²) in [5.74, 6) is 0.403. The van der Waals surface area contributed by atoms with E-state index < -0.39 is 4.92 Å². The molecule has 3 N–H and O–H groups in total. The van der Waals surface area contributed by atoms with Gasteiger partial charge in [0.1, 0.15) is 11.4 Å². The second-order valence-corrected chi connectivity index (χ2v) is 4.46. The van der Waals surface area contributed by atoms with Crippen molar-refractivity contribution in [2.24, 2.45) is 5.92 Å². The zero-order chi connectivity index (χ0) is 13.0. The molecule has 0 bridgehead atoms. The van der Waals surface area contributed by atoms with E-state index in [1.165, 1.54) is 6.07 Å². The third-order valence-electron chi connectivity index (χ3n) is 3.09. The number of anilines is 2. The Morgan fingerprint density at radius 3 is 3.06 bits per heavy atom. The number of ether oxygens (including phenoxy) is 1. The lowest BCUT2D eigenvalue weighted by atomic mass is 10.0. The zero-order valence-electron chi connectivity index (χ0n) is 10.1. The van der Waals surface area contributed by atoms with Crippen LogP contribution in [0.15, 0.2) is 18.2 Å². The molecular formula is C12H17N3O3. The monoisotopic (exact) mass is 251 g/mol. The van der Waals surface area contributed by atoms with Gasteiger partial charge >= 0.3 is 5.69 Å². The summed E-state index contributed by atoms with van der Waals surface area (Å²) in [6, 6.07) is 4.92. The van der Waals surface area contributed by atoms with Crippen LogP contribution < -0.4 is 11.1 Å². The summed E-state index contributed by atoms with van der Waals surface area (Å²) in [6.45, 7) is 2.20. The molecule has 98 valence electrons. The molecule has 0 spiro atoms. The molecular weight excluding hydrogens is 234 g/mol. The summed E-state index contributed by atoms with van der Waals surface area (Å²) in [5.41, 5.74) is 6.24. The number of nitrogens with two attached hydrogens (primary N) is 1. The van der Waals surface area contributed by atoms with Gasteiger partial charge in [0.15, 0.2) is 0 Å². The van der Waals surface area contributed by atoms with Gasteiger partial charge in [-0.2, -0.15) is 0 Å². The molecule has 1 saturated heterocycles. The predicted octanol–water partition coefficient (Wildman–Crippen LogP) is 2.02. The van der Waals surface area contributed by atoms with Crippen molar-refractivity contribution in [3.8, 4) is 0 Å². The molecule has 1 aliphatic rings. The van der Waals surface area contributed by atoms with Gasteiger partial charge in [0.25, 0.3) is 0 Å². The fourth-order valence-corrected chi connectivity index (χ4v) is 2.13. The van der Waals surface area contributed by atoms with E-state index in [0.717, 1.165) is 19.4 Å². The van der Waals surface area contributed by atoms with E-state index in [-0.39, 0.29) is 11.4 Å². The molecule has 0 aliphatic carbocycles. The third kappa shape index (κ3) is 2.89. The first kappa shape index (κ1) is 12.6. The Morgan fingerprint density at radius 1 is 1.56 bits per heavy atom. The van der Waals surface area contributed by atoms with Gasteiger partial charge in [-0.3, -0.25) is 10.1 Å². The number of nitrogens with one attached hydrogen (secondary N) is 1. The smallest absolute Gasteiger partial charge is 0.314 e. The second-order valence-electron chi connectivity index (χ2n) is 4.46. The Kier molecular flexibility index (Phi) is 3.99. The van der Waals surface area contributed by atoms with Crippen LogP contribution in [-0.4, -0.2) is 24.7 Å². The van der Waals surface area contributed by atoms with Crippen LogP contribution in [0.5, 0.6) is 0 Å². The standard InChI is InChI=1S/C12H17N3O3/c13-10-4-1-5-11(12(10)15(16)17)14-7-9-3-2-6-18-8-9/h1,4-5,9,14H,2-3,6-8,13H2. The van der Waals surface area contributed by atoms with Crippen LogP contribution in [0.2, 0.25) is 0 Å². The van der Waals surface area contributed by atoms with Crippen LogP contribution in [-0.2, 0) is 4.74 Å². The number of para-hydroxylation sites is 1. The van der Waals surface area contributed by atoms with E-state index in [4.69, 9.17) is 10.5 Å². The molecule has 0 amide bonds. The summed E-state index contributed by atoms with van der Waals surface area (Å²) < 4.78 is 5.37. The topological polar surface area (TPSA) is 90.4 Å². The van der Waals surface area contributed by atoms with Crippen molar-refractivity contribution in [1.82, 2.24) is 0 Å². The number of nitrogen functional groups attached to an aromatic ring is 1. The number of rotatable bonds is 4. The first-order valence-electron chi connectivity index (χ1n) is 6.03. The van der Waals surface area contributed by atoms with Crippen molar-refractivity contribution in [1.29, 1.82) is 0 Å². The zero-order valence-corrected chi connectivity index (χ0v) is 10.1. The first-order chi connectivity index (χ1) is 8.68. The summed E-state index contributed by atoms with van der Waals surface area (Å²) in [5, 5.41) is 14.1. The maximum Gasteiger partial charge on any atom is 0.314 e. The molecule has 1 heterocycles. The van der Waals surface area contributed by atoms with Gasteiger partial charge in [-0.05, 0) is 30.9 Å². The molecule has 1 atom stereocenters. The number of hydrogen-bond acceptors (Lipinski definition) is 5. The molecule has 1 aliphatic heterocycles. The minimum Gasteiger partial charge on any atom is -0.393 e. The Bertz CT molecular complexity index is 431. The van der Waals surface area contributed by atoms with E-state index in [1.807, 2.05) is 0 Å². The highest BCUT2D eigenvalue weighted by Crippen LogP contribution is 2.30. The van der Waals surface area contributed by atoms with Gasteiger partial charge in [0.05, 0.1) is 11.5 Å². The van der Waals surface area contributed by atoms with E-state index in [2.05, 4.69) is 5.32 Å². The van der Waals surface area contributed by atoms with Crippen LogP contribution in [0.3, 0.4) is 0 Å². The number of nitro groups is 1. The third-order valence-corrected chi connectivity index (χ3v) is 3.09. The average Bonchev–Trinajstić information content (AvgIpc) is 2.37. The predicted molar refractivity (Wildman–Crippen MR) is 69.5 cm³/mol. The van der Waals surface area contributed by atoms with E-state index in [9.17, 15) is 10.1 Å². The van der Waals surface area contributed by atoms with Gasteiger partial charge in [-0.1, -0.05) is 6.07 Å². The van der Waals surface area contributed by atoms with Gasteiger partial charge < -0.3 is 15.8 Å². The maximum atomic E-state index is 11.0. The Morgan fingerprint density at radius 2 is 2.39 bits per heavy atom. The molecule has 6 nitrogen and oxygen atoms in total. The van der Waals surface area contributed by atoms with Crippen molar-refractivity contribution >= 4 is 17.1 Å². The van der Waals surface area contributed by atoms with Crippen LogP contribution in [0.25, 0.3) is 0 Å². The number of benzene rings is 1. The molecule has 1 aromatic rings. The van der Waals surface area contributed by atoms with E-state index in [0.29, 0.717) is 24.8 Å². The summed E-state index contributed by atoms with van der Waals surface area (Å²) in [7, 11) is 0. The Labute approximate surface area is 105 Å². The van der Waals surface area contributed by atoms with Crippen LogP contribution in [0.4, 0.5) is 17.1 Å². The van der Waals surface area contributed by atoms with Crippen molar-refractivity contribution < 1.29 is 9.66 Å². The molecule has 0 radical (unpaired) electrons. The summed E-state index contributed by atoms with van der Waals surface area (Å²) >= 11 is 0. The summed E-state index contributed by atoms with van der Waals surface area (Å²) in [4.78, 5) is 10.5. The molecule has 1 unspecified atom stereocenters. The van der Waals surface area contributed by atoms with Crippen LogP contribution in [0.1, 0.15) is 12.8 Å². The normalized spacial score (nSPS) is 19.4. The molecule has 18 heavy (non-hydrogen) atoms. The molecule has 1 fully saturated rings. The van der Waals surface area contributed by atoms with Crippen molar-refractivity contribution in [3.05, 3.63) is 28.3 Å². The molecule has 0 saturated carbocycles. The van der Waals surface area contributed by atoms with Gasteiger partial charge in [-0.25, -0.2) is 0 Å². The molecule has 0 aromatic heterocycles. The summed E-state index contributed by atoms with van der Waals surface area (Å²) in [6.07, 6.45) is 2.13. The first-order valence-corrected chi connectivity index (χ1v) is 6.03. The van der Waals surface area contributed by atoms with Gasteiger partial charge in [-0.15, -0.1) is 0 Å². The fourth-order valence-electron chi connectivity index (χ4n) is 2.13. The minimum atomic E-state index is -0.449. The average molecular weight is 251 g/mol. The van der Waals surface area contributed by atoms with Crippen LogP contribution >= 0.6 is 0 Å². The minimum absolute atomic E-state index is 0.0470. The lowest BCUT2D eigenvalue weighted by Crippen LogP contribution is -2.24. The molecule has 1 aromatic carbocycles. The molecule has 2 rings (SSSR count). The lowest BCUT2D eigenvalue weighted by Gasteiger charge is -2.22. The maximum absolute atomic E-state index is 11.0. The lowest BCUT2D eigenvalue weighted by molar-refractivity contribution is -0.383. The Balaban J connectivity index is 2.04. The second kappa shape index (κ2) is 5.68. The number of hydrogen-bond donors (Lipinski definition) is 2. The van der Waals surface area contributed by atoms with E-state index >= 15 is 0 Å². The van der Waals surface area contributed by atoms with Crippen LogP contribution in [0, 0.1) is 16.0 Å². The molecule has 6 heteroatoms. The van der Waals surface area contributed by atoms with Gasteiger partial charge in [0.2, 0.25) is 0 Å². The van der Waals surface area contributed by atoms with E-state index in [1.54, 1.807) is 12.1 Å². The highest BCUT2D eigenvalue weighted by molar-refractivity contribution is 5.74. The quantitative estimate of drug-likeness (QED) is 0.485. The van der Waals surface area contributed by atoms with Gasteiger partial charge in [0, 0.05) is 13.2 Å². The Hall–Kier alpha value is -1.82. The largest absolute Gasteiger partial charge is 0.393 e. The van der Waals surface area contributed by atoms with Crippen molar-refractivity contribution in [2.45, 2.75) is 12.8 Å². The highest BCUT2D eigenvalue weighted by atomic mass is 16.6. The SMILES string of the molecule is Nc1cccc(NCC2CCCOC2)c1[N+](=O)[O-]. The van der Waals surface area contributed by atoms with Crippen molar-refractivity contribution in [2.75, 3.05) is 30.8 Å². The highest BCUT2D eigenvalue weighted by Gasteiger charge is 2.19.